The Balaban J connectivity index is 1.92. The van der Waals surface area contributed by atoms with Crippen molar-refractivity contribution in [2.75, 3.05) is 25.0 Å². The Kier molecular flexibility index (Phi) is 5.20. The molecule has 0 aromatic heterocycles. The second-order valence-electron chi connectivity index (χ2n) is 5.30. The summed E-state index contributed by atoms with van der Waals surface area (Å²) in [6.45, 7) is 4.93. The number of hydrogen-bond acceptors (Lipinski definition) is 4. The van der Waals surface area contributed by atoms with Gasteiger partial charge in [0.05, 0.1) is 4.92 Å². The molecule has 0 spiro atoms. The normalized spacial score (nSPS) is 18.8. The van der Waals surface area contributed by atoms with E-state index in [-0.39, 0.29) is 10.7 Å². The Morgan fingerprint density at radius 2 is 2.35 bits per heavy atom. The number of hydrogen-bond donors (Lipinski definition) is 2. The van der Waals surface area contributed by atoms with E-state index in [1.165, 1.54) is 18.9 Å². The number of nitrogens with zero attached hydrogens (tertiary/aromatic N) is 1. The van der Waals surface area contributed by atoms with E-state index in [4.69, 9.17) is 11.6 Å². The molecule has 6 heteroatoms. The number of nitro benzene ring substituents is 1. The van der Waals surface area contributed by atoms with Gasteiger partial charge < -0.3 is 10.6 Å². The third kappa shape index (κ3) is 3.84. The Morgan fingerprint density at radius 3 is 3.00 bits per heavy atom. The van der Waals surface area contributed by atoms with Crippen LogP contribution in [0.15, 0.2) is 12.1 Å². The minimum Gasteiger partial charge on any atom is -0.385 e. The van der Waals surface area contributed by atoms with Gasteiger partial charge in [-0.05, 0) is 56.8 Å². The van der Waals surface area contributed by atoms with Crippen molar-refractivity contribution in [3.05, 3.63) is 32.8 Å². The minimum absolute atomic E-state index is 0.0359. The maximum atomic E-state index is 10.8. The molecule has 1 heterocycles. The summed E-state index contributed by atoms with van der Waals surface area (Å²) >= 11 is 5.93. The van der Waals surface area contributed by atoms with Gasteiger partial charge in [0.2, 0.25) is 0 Å². The quantitative estimate of drug-likeness (QED) is 0.646. The Morgan fingerprint density at radius 1 is 1.55 bits per heavy atom. The summed E-state index contributed by atoms with van der Waals surface area (Å²) in [6.07, 6.45) is 3.61. The molecular weight excluding hydrogens is 278 g/mol. The zero-order valence-electron chi connectivity index (χ0n) is 11.6. The first-order chi connectivity index (χ1) is 9.58. The Labute approximate surface area is 123 Å². The lowest BCUT2D eigenvalue weighted by Gasteiger charge is -2.23. The molecule has 2 N–H and O–H groups in total. The van der Waals surface area contributed by atoms with Gasteiger partial charge in [0.15, 0.2) is 0 Å². The van der Waals surface area contributed by atoms with Crippen molar-refractivity contribution in [1.82, 2.24) is 5.32 Å². The highest BCUT2D eigenvalue weighted by molar-refractivity contribution is 6.33. The number of nitrogens with one attached hydrogen (secondary N) is 2. The van der Waals surface area contributed by atoms with E-state index < -0.39 is 4.92 Å². The molecule has 0 amide bonds. The van der Waals surface area contributed by atoms with Crippen LogP contribution in [-0.2, 0) is 0 Å². The third-order valence-electron chi connectivity index (χ3n) is 3.76. The van der Waals surface area contributed by atoms with Crippen LogP contribution >= 0.6 is 11.6 Å². The molecule has 1 aromatic rings. The predicted octanol–water partition coefficient (Wildman–Crippen LogP) is 3.36. The number of piperidine rings is 1. The van der Waals surface area contributed by atoms with Crippen molar-refractivity contribution in [3.63, 3.8) is 0 Å². The number of benzene rings is 1. The van der Waals surface area contributed by atoms with Crippen LogP contribution in [-0.4, -0.2) is 24.6 Å². The van der Waals surface area contributed by atoms with E-state index in [0.29, 0.717) is 5.92 Å². The van der Waals surface area contributed by atoms with E-state index in [0.717, 1.165) is 37.3 Å². The molecule has 0 aliphatic carbocycles. The fraction of sp³-hybridized carbons (Fsp3) is 0.571. The number of aryl methyl sites for hydroxylation is 1. The standard InChI is InChI=1S/C14H20ClN3O2/c1-10-7-14(18(19)20)12(15)8-13(10)17-6-4-11-3-2-5-16-9-11/h7-8,11,16-17H,2-6,9H2,1H3. The lowest BCUT2D eigenvalue weighted by molar-refractivity contribution is -0.384. The molecule has 1 aromatic carbocycles. The highest BCUT2D eigenvalue weighted by atomic mass is 35.5. The zero-order chi connectivity index (χ0) is 14.5. The lowest BCUT2D eigenvalue weighted by Crippen LogP contribution is -2.30. The first-order valence-electron chi connectivity index (χ1n) is 6.97. The summed E-state index contributed by atoms with van der Waals surface area (Å²) in [7, 11) is 0. The summed E-state index contributed by atoms with van der Waals surface area (Å²) in [4.78, 5) is 10.3. The number of halogens is 1. The SMILES string of the molecule is Cc1cc([N+](=O)[O-])c(Cl)cc1NCCC1CCCNC1. The third-order valence-corrected chi connectivity index (χ3v) is 4.06. The number of rotatable bonds is 5. The van der Waals surface area contributed by atoms with E-state index in [9.17, 15) is 10.1 Å². The second-order valence-corrected chi connectivity index (χ2v) is 5.71. The van der Waals surface area contributed by atoms with Crippen molar-refractivity contribution < 1.29 is 4.92 Å². The number of anilines is 1. The van der Waals surface area contributed by atoms with E-state index in [1.807, 2.05) is 6.92 Å². The van der Waals surface area contributed by atoms with Crippen molar-refractivity contribution >= 4 is 23.0 Å². The molecule has 1 aliphatic rings. The van der Waals surface area contributed by atoms with Crippen LogP contribution in [0.5, 0.6) is 0 Å². The van der Waals surface area contributed by atoms with Crippen LogP contribution in [0.1, 0.15) is 24.8 Å². The van der Waals surface area contributed by atoms with E-state index in [1.54, 1.807) is 6.07 Å². The Hall–Kier alpha value is -1.33. The van der Waals surface area contributed by atoms with Gasteiger partial charge in [-0.15, -0.1) is 0 Å². The molecule has 20 heavy (non-hydrogen) atoms. The fourth-order valence-electron chi connectivity index (χ4n) is 2.58. The van der Waals surface area contributed by atoms with Gasteiger partial charge in [-0.1, -0.05) is 11.6 Å². The summed E-state index contributed by atoms with van der Waals surface area (Å²) in [6, 6.07) is 3.17. The van der Waals surface area contributed by atoms with Crippen LogP contribution in [0.25, 0.3) is 0 Å². The van der Waals surface area contributed by atoms with Gasteiger partial charge in [0, 0.05) is 18.3 Å². The smallest absolute Gasteiger partial charge is 0.288 e. The van der Waals surface area contributed by atoms with Crippen molar-refractivity contribution in [1.29, 1.82) is 0 Å². The zero-order valence-corrected chi connectivity index (χ0v) is 12.4. The molecule has 1 saturated heterocycles. The van der Waals surface area contributed by atoms with Crippen molar-refractivity contribution in [2.24, 2.45) is 5.92 Å². The van der Waals surface area contributed by atoms with Crippen LogP contribution in [0.2, 0.25) is 5.02 Å². The molecule has 1 aliphatic heterocycles. The van der Waals surface area contributed by atoms with Crippen LogP contribution in [0.4, 0.5) is 11.4 Å². The Bertz CT molecular complexity index is 488. The van der Waals surface area contributed by atoms with Crippen LogP contribution < -0.4 is 10.6 Å². The monoisotopic (exact) mass is 297 g/mol. The first-order valence-corrected chi connectivity index (χ1v) is 7.35. The van der Waals surface area contributed by atoms with E-state index >= 15 is 0 Å². The first kappa shape index (κ1) is 15.1. The molecular formula is C14H20ClN3O2. The molecule has 1 unspecified atom stereocenters. The highest BCUT2D eigenvalue weighted by Gasteiger charge is 2.16. The highest BCUT2D eigenvalue weighted by Crippen LogP contribution is 2.30. The molecule has 2 rings (SSSR count). The molecule has 0 radical (unpaired) electrons. The number of nitro groups is 1. The summed E-state index contributed by atoms with van der Waals surface area (Å²) in [5.41, 5.74) is 1.69. The van der Waals surface area contributed by atoms with Crippen molar-refractivity contribution in [2.45, 2.75) is 26.2 Å². The van der Waals surface area contributed by atoms with Crippen LogP contribution in [0, 0.1) is 23.0 Å². The molecule has 1 atom stereocenters. The summed E-state index contributed by atoms with van der Waals surface area (Å²) < 4.78 is 0. The predicted molar refractivity (Wildman–Crippen MR) is 81.5 cm³/mol. The minimum atomic E-state index is -0.452. The molecule has 0 saturated carbocycles. The fourth-order valence-corrected chi connectivity index (χ4v) is 2.81. The largest absolute Gasteiger partial charge is 0.385 e. The second kappa shape index (κ2) is 6.90. The lowest BCUT2D eigenvalue weighted by atomic mass is 9.96. The molecule has 1 fully saturated rings. The van der Waals surface area contributed by atoms with E-state index in [2.05, 4.69) is 10.6 Å². The van der Waals surface area contributed by atoms with Gasteiger partial charge >= 0.3 is 0 Å². The maximum absolute atomic E-state index is 10.8. The van der Waals surface area contributed by atoms with Gasteiger partial charge in [-0.3, -0.25) is 10.1 Å². The molecule has 5 nitrogen and oxygen atoms in total. The maximum Gasteiger partial charge on any atom is 0.288 e. The topological polar surface area (TPSA) is 67.2 Å². The summed E-state index contributed by atoms with van der Waals surface area (Å²) in [5.74, 6) is 0.713. The average molecular weight is 298 g/mol. The van der Waals surface area contributed by atoms with Gasteiger partial charge in [0.1, 0.15) is 5.02 Å². The van der Waals surface area contributed by atoms with Gasteiger partial charge in [-0.25, -0.2) is 0 Å². The molecule has 110 valence electrons. The van der Waals surface area contributed by atoms with Crippen LogP contribution in [0.3, 0.4) is 0 Å². The van der Waals surface area contributed by atoms with Crippen molar-refractivity contribution in [3.8, 4) is 0 Å². The average Bonchev–Trinajstić information content (AvgIpc) is 2.43. The molecule has 0 bridgehead atoms. The summed E-state index contributed by atoms with van der Waals surface area (Å²) in [5, 5.41) is 17.7. The van der Waals surface area contributed by atoms with Gasteiger partial charge in [-0.2, -0.15) is 0 Å². The van der Waals surface area contributed by atoms with Gasteiger partial charge in [0.25, 0.3) is 5.69 Å².